The van der Waals surface area contributed by atoms with Gasteiger partial charge in [0.15, 0.2) is 0 Å². The van der Waals surface area contributed by atoms with E-state index in [1.165, 1.54) is 61.9 Å². The maximum absolute atomic E-state index is 2.58. The molecule has 0 aromatic heterocycles. The van der Waals surface area contributed by atoms with Crippen molar-refractivity contribution in [2.24, 2.45) is 0 Å². The standard InChI is InChI=1S/C40H33BN4/c1-40(2)44(30-19-11-6-12-20-30)36-24-14-22-34-39(36)45(40)35-23-13-21-33-38(35)43(34)37-27-31(42(3)29-17-9-5-10-18-29)25-26-32(37)41(33)28-15-7-4-8-16-28/h4-27H,1-3H3. The zero-order valence-electron chi connectivity index (χ0n) is 25.7. The van der Waals surface area contributed by atoms with E-state index >= 15 is 0 Å². The summed E-state index contributed by atoms with van der Waals surface area (Å²) in [6, 6.07) is 53.1. The van der Waals surface area contributed by atoms with Crippen LogP contribution in [0.4, 0.5) is 51.2 Å². The lowest BCUT2D eigenvalue weighted by atomic mass is 9.35. The Morgan fingerprint density at radius 3 is 1.87 bits per heavy atom. The van der Waals surface area contributed by atoms with Gasteiger partial charge in [0.1, 0.15) is 5.66 Å². The van der Waals surface area contributed by atoms with Crippen molar-refractivity contribution < 1.29 is 0 Å². The molecule has 3 aliphatic rings. The van der Waals surface area contributed by atoms with Crippen LogP contribution in [0.25, 0.3) is 0 Å². The summed E-state index contributed by atoms with van der Waals surface area (Å²) >= 11 is 0. The van der Waals surface area contributed by atoms with Crippen molar-refractivity contribution in [2.75, 3.05) is 26.6 Å². The number of fused-ring (bicyclic) bond motifs is 4. The van der Waals surface area contributed by atoms with Crippen LogP contribution in [-0.2, 0) is 0 Å². The Morgan fingerprint density at radius 1 is 0.511 bits per heavy atom. The Labute approximate surface area is 265 Å². The lowest BCUT2D eigenvalue weighted by Gasteiger charge is -2.48. The first kappa shape index (κ1) is 26.0. The van der Waals surface area contributed by atoms with Crippen LogP contribution in [0.5, 0.6) is 0 Å². The molecule has 0 spiro atoms. The summed E-state index contributed by atoms with van der Waals surface area (Å²) < 4.78 is 0. The quantitative estimate of drug-likeness (QED) is 0.195. The number of hydrogen-bond donors (Lipinski definition) is 0. The Kier molecular flexibility index (Phi) is 5.52. The van der Waals surface area contributed by atoms with Gasteiger partial charge < -0.3 is 19.6 Å². The first-order valence-corrected chi connectivity index (χ1v) is 15.7. The summed E-state index contributed by atoms with van der Waals surface area (Å²) in [5.41, 5.74) is 14.6. The topological polar surface area (TPSA) is 13.0 Å². The van der Waals surface area contributed by atoms with Crippen LogP contribution in [-0.4, -0.2) is 19.4 Å². The van der Waals surface area contributed by atoms with Gasteiger partial charge in [-0.05, 0) is 79.4 Å². The molecule has 0 N–H and O–H groups in total. The molecule has 0 saturated carbocycles. The van der Waals surface area contributed by atoms with Crippen molar-refractivity contribution in [2.45, 2.75) is 19.5 Å². The van der Waals surface area contributed by atoms with Gasteiger partial charge in [0.25, 0.3) is 0 Å². The average molecular weight is 581 g/mol. The summed E-state index contributed by atoms with van der Waals surface area (Å²) in [5, 5.41) is 0. The zero-order valence-corrected chi connectivity index (χ0v) is 25.7. The molecule has 6 aromatic rings. The van der Waals surface area contributed by atoms with Crippen molar-refractivity contribution >= 4 is 74.3 Å². The Hall–Kier alpha value is -5.42. The number of rotatable bonds is 4. The summed E-state index contributed by atoms with van der Waals surface area (Å²) in [6.07, 6.45) is 0. The maximum atomic E-state index is 2.58. The fourth-order valence-electron chi connectivity index (χ4n) is 7.95. The average Bonchev–Trinajstić information content (AvgIpc) is 3.33. The minimum Gasteiger partial charge on any atom is -0.345 e. The molecule has 216 valence electrons. The number of hydrogen-bond acceptors (Lipinski definition) is 4. The Morgan fingerprint density at radius 2 is 1.13 bits per heavy atom. The SMILES string of the molecule is CN(c1ccccc1)c1ccc2c(c1)N1c3cccc4c3N(c3cccc(c31)B2c1ccccc1)C(C)(C)N4c1ccccc1. The third kappa shape index (κ3) is 3.61. The highest BCUT2D eigenvalue weighted by molar-refractivity contribution is 6.98. The van der Waals surface area contributed by atoms with Gasteiger partial charge in [0, 0.05) is 29.8 Å². The molecule has 5 heteroatoms. The molecule has 0 aliphatic carbocycles. The second-order valence-corrected chi connectivity index (χ2v) is 12.7. The molecule has 0 atom stereocenters. The van der Waals surface area contributed by atoms with E-state index in [0.717, 1.165) is 5.69 Å². The predicted molar refractivity (Wildman–Crippen MR) is 192 cm³/mol. The molecule has 0 fully saturated rings. The normalized spacial score (nSPS) is 15.0. The first-order valence-electron chi connectivity index (χ1n) is 15.7. The fraction of sp³-hybridized carbons (Fsp3) is 0.100. The maximum Gasteiger partial charge on any atom is 0.246 e. The van der Waals surface area contributed by atoms with Crippen molar-refractivity contribution in [3.8, 4) is 0 Å². The van der Waals surface area contributed by atoms with Crippen molar-refractivity contribution in [1.82, 2.24) is 0 Å². The van der Waals surface area contributed by atoms with E-state index in [4.69, 9.17) is 0 Å². The van der Waals surface area contributed by atoms with E-state index in [0.29, 0.717) is 0 Å². The molecule has 3 aliphatic heterocycles. The van der Waals surface area contributed by atoms with Crippen molar-refractivity contribution in [3.63, 3.8) is 0 Å². The van der Waals surface area contributed by atoms with Gasteiger partial charge in [-0.1, -0.05) is 96.5 Å². The highest BCUT2D eigenvalue weighted by Gasteiger charge is 2.51. The second kappa shape index (κ2) is 9.54. The molecule has 0 saturated heterocycles. The Bertz CT molecular complexity index is 2080. The number of nitrogens with zero attached hydrogens (tertiary/aromatic N) is 4. The van der Waals surface area contributed by atoms with E-state index in [1.807, 2.05) is 0 Å². The van der Waals surface area contributed by atoms with Crippen LogP contribution in [0, 0.1) is 0 Å². The van der Waals surface area contributed by atoms with Gasteiger partial charge in [-0.25, -0.2) is 0 Å². The number of anilines is 9. The van der Waals surface area contributed by atoms with Gasteiger partial charge in [0.05, 0.1) is 28.4 Å². The van der Waals surface area contributed by atoms with Gasteiger partial charge in [-0.15, -0.1) is 0 Å². The molecule has 0 bridgehead atoms. The monoisotopic (exact) mass is 580 g/mol. The van der Waals surface area contributed by atoms with Crippen LogP contribution >= 0.6 is 0 Å². The first-order chi connectivity index (χ1) is 22.0. The van der Waals surface area contributed by atoms with Gasteiger partial charge in [0.2, 0.25) is 6.71 Å². The molecule has 0 radical (unpaired) electrons. The molecule has 45 heavy (non-hydrogen) atoms. The van der Waals surface area contributed by atoms with E-state index in [1.54, 1.807) is 0 Å². The fourth-order valence-corrected chi connectivity index (χ4v) is 7.95. The zero-order chi connectivity index (χ0) is 30.3. The predicted octanol–water partition coefficient (Wildman–Crippen LogP) is 8.09. The highest BCUT2D eigenvalue weighted by Crippen LogP contribution is 2.62. The minimum absolute atomic E-state index is 0.115. The highest BCUT2D eigenvalue weighted by atomic mass is 15.5. The molecule has 0 amide bonds. The summed E-state index contributed by atoms with van der Waals surface area (Å²) in [4.78, 5) is 9.90. The molecule has 9 rings (SSSR count). The molecule has 3 heterocycles. The van der Waals surface area contributed by atoms with E-state index in [9.17, 15) is 0 Å². The molecule has 4 nitrogen and oxygen atoms in total. The van der Waals surface area contributed by atoms with Crippen LogP contribution in [0.1, 0.15) is 13.8 Å². The molecular formula is C40H33BN4. The van der Waals surface area contributed by atoms with Crippen LogP contribution in [0.2, 0.25) is 0 Å². The van der Waals surface area contributed by atoms with Gasteiger partial charge in [-0.3, -0.25) is 0 Å². The number of para-hydroxylation sites is 4. The smallest absolute Gasteiger partial charge is 0.246 e. The van der Waals surface area contributed by atoms with E-state index < -0.39 is 0 Å². The number of benzene rings is 6. The molecular weight excluding hydrogens is 547 g/mol. The third-order valence-electron chi connectivity index (χ3n) is 9.86. The van der Waals surface area contributed by atoms with Gasteiger partial charge in [-0.2, -0.15) is 0 Å². The largest absolute Gasteiger partial charge is 0.345 e. The molecule has 6 aromatic carbocycles. The van der Waals surface area contributed by atoms with E-state index in [-0.39, 0.29) is 12.4 Å². The molecule has 0 unspecified atom stereocenters. The van der Waals surface area contributed by atoms with Gasteiger partial charge >= 0.3 is 0 Å². The summed E-state index contributed by atoms with van der Waals surface area (Å²) in [6.45, 7) is 4.80. The Balaban J connectivity index is 1.33. The van der Waals surface area contributed by atoms with Crippen molar-refractivity contribution in [3.05, 3.63) is 146 Å². The van der Waals surface area contributed by atoms with Crippen LogP contribution in [0.15, 0.2) is 146 Å². The summed E-state index contributed by atoms with van der Waals surface area (Å²) in [5.74, 6) is 0. The van der Waals surface area contributed by atoms with Crippen LogP contribution in [0.3, 0.4) is 0 Å². The van der Waals surface area contributed by atoms with Crippen LogP contribution < -0.4 is 36.0 Å². The van der Waals surface area contributed by atoms with E-state index in [2.05, 4.69) is 186 Å². The third-order valence-corrected chi connectivity index (χ3v) is 9.86. The minimum atomic E-state index is -0.334. The van der Waals surface area contributed by atoms with Crippen molar-refractivity contribution in [1.29, 1.82) is 0 Å². The summed E-state index contributed by atoms with van der Waals surface area (Å²) in [7, 11) is 2.16. The second-order valence-electron chi connectivity index (χ2n) is 12.7. The lowest BCUT2D eigenvalue weighted by Crippen LogP contribution is -2.58. The lowest BCUT2D eigenvalue weighted by molar-refractivity contribution is 0.539.